The summed E-state index contributed by atoms with van der Waals surface area (Å²) in [6.45, 7) is 10.6. The Morgan fingerprint density at radius 2 is 1.59 bits per heavy atom. The van der Waals surface area contributed by atoms with Crippen molar-refractivity contribution in [2.45, 2.75) is 46.1 Å². The van der Waals surface area contributed by atoms with Crippen LogP contribution in [0.3, 0.4) is 0 Å². The van der Waals surface area contributed by atoms with Gasteiger partial charge in [-0.25, -0.2) is 4.39 Å². The number of hydrogen-bond donors (Lipinski definition) is 0. The lowest BCUT2D eigenvalue weighted by atomic mass is 9.91. The molecular formula is C15H24FN. The molecule has 0 aromatic heterocycles. The molecule has 0 saturated heterocycles. The fourth-order valence-electron chi connectivity index (χ4n) is 2.34. The highest BCUT2D eigenvalue weighted by Gasteiger charge is 2.29. The van der Waals surface area contributed by atoms with E-state index in [0.717, 1.165) is 31.5 Å². The second-order valence-electron chi connectivity index (χ2n) is 5.03. The van der Waals surface area contributed by atoms with Crippen molar-refractivity contribution in [3.8, 4) is 0 Å². The first-order valence-corrected chi connectivity index (χ1v) is 6.54. The molecule has 0 aliphatic carbocycles. The molecule has 96 valence electrons. The third-order valence-corrected chi connectivity index (χ3v) is 3.31. The molecule has 0 aliphatic heterocycles. The van der Waals surface area contributed by atoms with Crippen LogP contribution in [0.2, 0.25) is 0 Å². The van der Waals surface area contributed by atoms with Crippen LogP contribution < -0.4 is 0 Å². The lowest BCUT2D eigenvalue weighted by molar-refractivity contribution is 0.115. The molecule has 1 aromatic carbocycles. The van der Waals surface area contributed by atoms with E-state index in [0.29, 0.717) is 0 Å². The zero-order chi connectivity index (χ0) is 12.9. The SMILES string of the molecule is CCCN(CCC)C(C)(C)c1ccccc1F. The molecule has 0 fully saturated rings. The summed E-state index contributed by atoms with van der Waals surface area (Å²) < 4.78 is 13.9. The Labute approximate surface area is 105 Å². The summed E-state index contributed by atoms with van der Waals surface area (Å²) in [4.78, 5) is 2.37. The van der Waals surface area contributed by atoms with Gasteiger partial charge in [-0.3, -0.25) is 4.90 Å². The van der Waals surface area contributed by atoms with Crippen LogP contribution >= 0.6 is 0 Å². The van der Waals surface area contributed by atoms with Crippen LogP contribution in [0.1, 0.15) is 46.1 Å². The average Bonchev–Trinajstić information content (AvgIpc) is 2.29. The quantitative estimate of drug-likeness (QED) is 0.717. The summed E-state index contributed by atoms with van der Waals surface area (Å²) in [5.41, 5.74) is 0.555. The number of benzene rings is 1. The number of nitrogens with zero attached hydrogens (tertiary/aromatic N) is 1. The van der Waals surface area contributed by atoms with E-state index >= 15 is 0 Å². The monoisotopic (exact) mass is 237 g/mol. The summed E-state index contributed by atoms with van der Waals surface area (Å²) in [5, 5.41) is 0. The number of rotatable bonds is 6. The smallest absolute Gasteiger partial charge is 0.128 e. The molecule has 2 heteroatoms. The molecular weight excluding hydrogens is 213 g/mol. The summed E-state index contributed by atoms with van der Waals surface area (Å²) >= 11 is 0. The van der Waals surface area contributed by atoms with Gasteiger partial charge in [-0.15, -0.1) is 0 Å². The van der Waals surface area contributed by atoms with E-state index in [2.05, 4.69) is 32.6 Å². The van der Waals surface area contributed by atoms with E-state index in [9.17, 15) is 4.39 Å². The van der Waals surface area contributed by atoms with Crippen molar-refractivity contribution >= 4 is 0 Å². The van der Waals surface area contributed by atoms with Crippen molar-refractivity contribution in [1.29, 1.82) is 0 Å². The van der Waals surface area contributed by atoms with E-state index < -0.39 is 0 Å². The third-order valence-electron chi connectivity index (χ3n) is 3.31. The van der Waals surface area contributed by atoms with Crippen LogP contribution in [0, 0.1) is 5.82 Å². The van der Waals surface area contributed by atoms with Crippen molar-refractivity contribution < 1.29 is 4.39 Å². The highest BCUT2D eigenvalue weighted by atomic mass is 19.1. The van der Waals surface area contributed by atoms with Gasteiger partial charge in [0.05, 0.1) is 0 Å². The first-order chi connectivity index (χ1) is 8.04. The van der Waals surface area contributed by atoms with E-state index in [1.54, 1.807) is 12.1 Å². The average molecular weight is 237 g/mol. The molecule has 1 nitrogen and oxygen atoms in total. The van der Waals surface area contributed by atoms with Gasteiger partial charge in [0.2, 0.25) is 0 Å². The van der Waals surface area contributed by atoms with Gasteiger partial charge in [0.15, 0.2) is 0 Å². The zero-order valence-corrected chi connectivity index (χ0v) is 11.5. The van der Waals surface area contributed by atoms with Gasteiger partial charge < -0.3 is 0 Å². The minimum Gasteiger partial charge on any atom is -0.294 e. The van der Waals surface area contributed by atoms with Gasteiger partial charge in [-0.05, 0) is 45.8 Å². The largest absolute Gasteiger partial charge is 0.294 e. The van der Waals surface area contributed by atoms with Crippen molar-refractivity contribution in [3.05, 3.63) is 35.6 Å². The molecule has 0 saturated carbocycles. The highest BCUT2D eigenvalue weighted by Crippen LogP contribution is 2.29. The molecule has 0 heterocycles. The summed E-state index contributed by atoms with van der Waals surface area (Å²) in [7, 11) is 0. The molecule has 0 radical (unpaired) electrons. The van der Waals surface area contributed by atoms with E-state index in [-0.39, 0.29) is 11.4 Å². The molecule has 0 aliphatic rings. The Morgan fingerprint density at radius 3 is 2.06 bits per heavy atom. The normalized spacial score (nSPS) is 12.1. The fourth-order valence-corrected chi connectivity index (χ4v) is 2.34. The van der Waals surface area contributed by atoms with Crippen LogP contribution in [0.25, 0.3) is 0 Å². The van der Waals surface area contributed by atoms with Crippen molar-refractivity contribution in [3.63, 3.8) is 0 Å². The lowest BCUT2D eigenvalue weighted by Crippen LogP contribution is -2.43. The van der Waals surface area contributed by atoms with Gasteiger partial charge >= 0.3 is 0 Å². The molecule has 1 rings (SSSR count). The predicted molar refractivity (Wildman–Crippen MR) is 71.6 cm³/mol. The Bertz CT molecular complexity index is 341. The highest BCUT2D eigenvalue weighted by molar-refractivity contribution is 5.24. The molecule has 0 N–H and O–H groups in total. The standard InChI is InChI=1S/C15H24FN/c1-5-11-17(12-6-2)15(3,4)13-9-7-8-10-14(13)16/h7-10H,5-6,11-12H2,1-4H3. The molecule has 0 spiro atoms. The van der Waals surface area contributed by atoms with Gasteiger partial charge in [0.1, 0.15) is 5.82 Å². The van der Waals surface area contributed by atoms with Gasteiger partial charge in [-0.2, -0.15) is 0 Å². The molecule has 0 unspecified atom stereocenters. The second-order valence-corrected chi connectivity index (χ2v) is 5.03. The van der Waals surface area contributed by atoms with Crippen LogP contribution in [-0.4, -0.2) is 18.0 Å². The van der Waals surface area contributed by atoms with Gasteiger partial charge in [-0.1, -0.05) is 32.0 Å². The van der Waals surface area contributed by atoms with Gasteiger partial charge in [0, 0.05) is 11.1 Å². The van der Waals surface area contributed by atoms with Crippen molar-refractivity contribution in [2.24, 2.45) is 0 Å². The molecule has 0 bridgehead atoms. The predicted octanol–water partition coefficient (Wildman–Crippen LogP) is 4.18. The maximum atomic E-state index is 13.9. The minimum absolute atomic E-state index is 0.102. The molecule has 1 aromatic rings. The van der Waals surface area contributed by atoms with Gasteiger partial charge in [0.25, 0.3) is 0 Å². The summed E-state index contributed by atoms with van der Waals surface area (Å²) in [5.74, 6) is -0.102. The third kappa shape index (κ3) is 3.29. The molecule has 0 amide bonds. The van der Waals surface area contributed by atoms with Crippen LogP contribution in [0.5, 0.6) is 0 Å². The van der Waals surface area contributed by atoms with Crippen molar-refractivity contribution in [1.82, 2.24) is 4.90 Å². The Kier molecular flexibility index (Phi) is 5.13. The van der Waals surface area contributed by atoms with E-state index in [1.165, 1.54) is 0 Å². The number of hydrogen-bond acceptors (Lipinski definition) is 1. The van der Waals surface area contributed by atoms with Crippen molar-refractivity contribution in [2.75, 3.05) is 13.1 Å². The Hall–Kier alpha value is -0.890. The van der Waals surface area contributed by atoms with E-state index in [4.69, 9.17) is 0 Å². The fraction of sp³-hybridized carbons (Fsp3) is 0.600. The second kappa shape index (κ2) is 6.15. The Morgan fingerprint density at radius 1 is 1.06 bits per heavy atom. The number of halogens is 1. The topological polar surface area (TPSA) is 3.24 Å². The van der Waals surface area contributed by atoms with Crippen LogP contribution in [0.4, 0.5) is 4.39 Å². The summed E-state index contributed by atoms with van der Waals surface area (Å²) in [6, 6.07) is 7.11. The molecule has 17 heavy (non-hydrogen) atoms. The minimum atomic E-state index is -0.239. The first-order valence-electron chi connectivity index (χ1n) is 6.54. The lowest BCUT2D eigenvalue weighted by Gasteiger charge is -2.39. The maximum absolute atomic E-state index is 13.9. The van der Waals surface area contributed by atoms with Crippen LogP contribution in [-0.2, 0) is 5.54 Å². The van der Waals surface area contributed by atoms with E-state index in [1.807, 2.05) is 12.1 Å². The first kappa shape index (κ1) is 14.2. The molecule has 0 atom stereocenters. The summed E-state index contributed by atoms with van der Waals surface area (Å²) in [6.07, 6.45) is 2.19. The zero-order valence-electron chi connectivity index (χ0n) is 11.5. The Balaban J connectivity index is 3.02. The van der Waals surface area contributed by atoms with Crippen LogP contribution in [0.15, 0.2) is 24.3 Å². The maximum Gasteiger partial charge on any atom is 0.128 e.